The van der Waals surface area contributed by atoms with E-state index in [2.05, 4.69) is 22.2 Å². The number of likely N-dealkylation sites (tertiary alicyclic amines) is 1. The highest BCUT2D eigenvalue weighted by atomic mass is 32.1. The summed E-state index contributed by atoms with van der Waals surface area (Å²) >= 11 is 1.73. The van der Waals surface area contributed by atoms with Crippen LogP contribution in [0.4, 0.5) is 4.79 Å². The first-order chi connectivity index (χ1) is 12.2. The van der Waals surface area contributed by atoms with Crippen LogP contribution in [0.1, 0.15) is 37.1 Å². The lowest BCUT2D eigenvalue weighted by molar-refractivity contribution is 0.0765. The fourth-order valence-electron chi connectivity index (χ4n) is 4.40. The van der Waals surface area contributed by atoms with Crippen LogP contribution in [0.2, 0.25) is 0 Å². The van der Waals surface area contributed by atoms with Crippen LogP contribution in [0.5, 0.6) is 0 Å². The van der Waals surface area contributed by atoms with Gasteiger partial charge < -0.3 is 15.0 Å². The van der Waals surface area contributed by atoms with Gasteiger partial charge in [-0.05, 0) is 44.6 Å². The van der Waals surface area contributed by atoms with Gasteiger partial charge in [-0.25, -0.2) is 9.78 Å². The van der Waals surface area contributed by atoms with Gasteiger partial charge in [-0.3, -0.25) is 4.90 Å². The Kier molecular flexibility index (Phi) is 4.97. The normalized spacial score (nSPS) is 26.2. The lowest BCUT2D eigenvalue weighted by atomic mass is 9.92. The summed E-state index contributed by atoms with van der Waals surface area (Å²) in [5.74, 6) is 0. The summed E-state index contributed by atoms with van der Waals surface area (Å²) in [6, 6.07) is 1.06. The number of urea groups is 1. The highest BCUT2D eigenvalue weighted by Gasteiger charge is 2.56. The SMILES string of the molecule is CN(Cc1nccs1)[C@@H]1CC12CCN(C(=O)NC1CCOCC1)CC2. The van der Waals surface area contributed by atoms with E-state index in [1.54, 1.807) is 11.3 Å². The average molecular weight is 365 g/mol. The molecule has 1 atom stereocenters. The third-order valence-corrected chi connectivity index (χ3v) is 6.91. The van der Waals surface area contributed by atoms with Gasteiger partial charge in [-0.1, -0.05) is 0 Å². The summed E-state index contributed by atoms with van der Waals surface area (Å²) in [5.41, 5.74) is 0.432. The Morgan fingerprint density at radius 2 is 2.20 bits per heavy atom. The van der Waals surface area contributed by atoms with Gasteiger partial charge in [0, 0.05) is 50.0 Å². The van der Waals surface area contributed by atoms with E-state index in [1.165, 1.54) is 11.4 Å². The van der Waals surface area contributed by atoms with Gasteiger partial charge >= 0.3 is 6.03 Å². The maximum Gasteiger partial charge on any atom is 0.317 e. The van der Waals surface area contributed by atoms with Crippen molar-refractivity contribution in [2.75, 3.05) is 33.4 Å². The van der Waals surface area contributed by atoms with Gasteiger partial charge in [-0.15, -0.1) is 11.3 Å². The molecule has 1 saturated carbocycles. The minimum Gasteiger partial charge on any atom is -0.381 e. The molecule has 25 heavy (non-hydrogen) atoms. The standard InChI is InChI=1S/C18H28N4O2S/c1-21(13-16-19-6-11-25-16)15-12-18(15)4-7-22(8-5-18)17(23)20-14-2-9-24-10-3-14/h6,11,14-15H,2-5,7-10,12-13H2,1H3,(H,20,23)/t15-/m1/s1. The Hall–Kier alpha value is -1.18. The van der Waals surface area contributed by atoms with Crippen LogP contribution < -0.4 is 5.32 Å². The molecule has 7 heteroatoms. The molecule has 3 aliphatic rings. The van der Waals surface area contributed by atoms with Crippen molar-refractivity contribution >= 4 is 17.4 Å². The summed E-state index contributed by atoms with van der Waals surface area (Å²) in [6.07, 6.45) is 7.28. The van der Waals surface area contributed by atoms with E-state index in [0.29, 0.717) is 11.5 Å². The zero-order valence-electron chi connectivity index (χ0n) is 14.9. The summed E-state index contributed by atoms with van der Waals surface area (Å²) in [4.78, 5) is 21.3. The van der Waals surface area contributed by atoms with Crippen LogP contribution in [-0.4, -0.2) is 66.2 Å². The van der Waals surface area contributed by atoms with Crippen LogP contribution in [0.3, 0.4) is 0 Å². The van der Waals surface area contributed by atoms with Crippen LogP contribution >= 0.6 is 11.3 Å². The quantitative estimate of drug-likeness (QED) is 0.891. The Morgan fingerprint density at radius 1 is 1.44 bits per heavy atom. The number of nitrogens with one attached hydrogen (secondary N) is 1. The Labute approximate surface area is 153 Å². The molecule has 3 fully saturated rings. The molecule has 0 radical (unpaired) electrons. The molecular weight excluding hydrogens is 336 g/mol. The number of piperidine rings is 1. The minimum atomic E-state index is 0.120. The maximum absolute atomic E-state index is 12.5. The molecule has 1 N–H and O–H groups in total. The number of ether oxygens (including phenoxy) is 1. The zero-order valence-corrected chi connectivity index (χ0v) is 15.8. The highest BCUT2D eigenvalue weighted by molar-refractivity contribution is 7.09. The van der Waals surface area contributed by atoms with Gasteiger partial charge in [0.25, 0.3) is 0 Å². The van der Waals surface area contributed by atoms with E-state index in [1.807, 2.05) is 16.5 Å². The second-order valence-electron chi connectivity index (χ2n) is 7.75. The molecule has 2 aliphatic heterocycles. The van der Waals surface area contributed by atoms with Crippen molar-refractivity contribution in [2.45, 2.75) is 50.7 Å². The molecule has 138 valence electrons. The number of nitrogens with zero attached hydrogens (tertiary/aromatic N) is 3. The predicted molar refractivity (Wildman–Crippen MR) is 97.6 cm³/mol. The summed E-state index contributed by atoms with van der Waals surface area (Å²) in [6.45, 7) is 4.24. The van der Waals surface area contributed by atoms with E-state index >= 15 is 0 Å². The molecule has 2 amide bonds. The van der Waals surface area contributed by atoms with E-state index in [9.17, 15) is 4.79 Å². The van der Waals surface area contributed by atoms with Crippen LogP contribution in [-0.2, 0) is 11.3 Å². The third-order valence-electron chi connectivity index (χ3n) is 6.14. The van der Waals surface area contributed by atoms with Gasteiger partial charge in [-0.2, -0.15) is 0 Å². The number of hydrogen-bond donors (Lipinski definition) is 1. The Morgan fingerprint density at radius 3 is 2.88 bits per heavy atom. The highest BCUT2D eigenvalue weighted by Crippen LogP contribution is 2.56. The molecule has 1 aromatic heterocycles. The van der Waals surface area contributed by atoms with Gasteiger partial charge in [0.1, 0.15) is 5.01 Å². The van der Waals surface area contributed by atoms with Crippen molar-refractivity contribution in [3.8, 4) is 0 Å². The second-order valence-corrected chi connectivity index (χ2v) is 8.73. The zero-order chi connectivity index (χ0) is 17.3. The summed E-state index contributed by atoms with van der Waals surface area (Å²) in [5, 5.41) is 6.43. The van der Waals surface area contributed by atoms with Crippen molar-refractivity contribution in [3.63, 3.8) is 0 Å². The van der Waals surface area contributed by atoms with Crippen molar-refractivity contribution in [1.82, 2.24) is 20.1 Å². The van der Waals surface area contributed by atoms with Crippen molar-refractivity contribution < 1.29 is 9.53 Å². The molecule has 1 aromatic rings. The lowest BCUT2D eigenvalue weighted by Crippen LogP contribution is -2.50. The van der Waals surface area contributed by atoms with Gasteiger partial charge in [0.05, 0.1) is 6.54 Å². The molecule has 1 spiro atoms. The molecule has 4 rings (SSSR count). The first-order valence-electron chi connectivity index (χ1n) is 9.38. The van der Waals surface area contributed by atoms with E-state index in [4.69, 9.17) is 4.74 Å². The third kappa shape index (κ3) is 3.83. The lowest BCUT2D eigenvalue weighted by Gasteiger charge is -2.35. The number of amides is 2. The fraction of sp³-hybridized carbons (Fsp3) is 0.778. The molecule has 2 saturated heterocycles. The van der Waals surface area contributed by atoms with Gasteiger partial charge in [0.15, 0.2) is 0 Å². The largest absolute Gasteiger partial charge is 0.381 e. The minimum absolute atomic E-state index is 0.120. The maximum atomic E-state index is 12.5. The van der Waals surface area contributed by atoms with Crippen molar-refractivity contribution in [1.29, 1.82) is 0 Å². The Bertz CT molecular complexity index is 580. The predicted octanol–water partition coefficient (Wildman–Crippen LogP) is 2.32. The topological polar surface area (TPSA) is 57.7 Å². The van der Waals surface area contributed by atoms with E-state index in [0.717, 1.165) is 58.5 Å². The van der Waals surface area contributed by atoms with E-state index < -0.39 is 0 Å². The van der Waals surface area contributed by atoms with Crippen LogP contribution in [0.25, 0.3) is 0 Å². The van der Waals surface area contributed by atoms with E-state index in [-0.39, 0.29) is 12.1 Å². The van der Waals surface area contributed by atoms with Crippen molar-refractivity contribution in [3.05, 3.63) is 16.6 Å². The number of rotatable bonds is 4. The van der Waals surface area contributed by atoms with Crippen LogP contribution in [0.15, 0.2) is 11.6 Å². The first-order valence-corrected chi connectivity index (χ1v) is 10.3. The smallest absolute Gasteiger partial charge is 0.317 e. The number of thiazole rings is 1. The summed E-state index contributed by atoms with van der Waals surface area (Å²) in [7, 11) is 2.21. The Balaban J connectivity index is 1.24. The molecule has 1 aliphatic carbocycles. The molecular formula is C18H28N4O2S. The first kappa shape index (κ1) is 17.2. The number of hydrogen-bond acceptors (Lipinski definition) is 5. The average Bonchev–Trinajstić information content (AvgIpc) is 3.08. The molecule has 0 unspecified atom stereocenters. The fourth-order valence-corrected chi connectivity index (χ4v) is 5.08. The van der Waals surface area contributed by atoms with Gasteiger partial charge in [0.2, 0.25) is 0 Å². The van der Waals surface area contributed by atoms with Crippen molar-refractivity contribution in [2.24, 2.45) is 5.41 Å². The number of carbonyl (C=O) groups excluding carboxylic acids is 1. The molecule has 6 nitrogen and oxygen atoms in total. The second kappa shape index (κ2) is 7.21. The molecule has 0 bridgehead atoms. The number of carbonyl (C=O) groups is 1. The molecule has 3 heterocycles. The summed E-state index contributed by atoms with van der Waals surface area (Å²) < 4.78 is 5.36. The number of aromatic nitrogens is 1. The van der Waals surface area contributed by atoms with Crippen LogP contribution in [0, 0.1) is 5.41 Å². The molecule has 0 aromatic carbocycles. The monoisotopic (exact) mass is 364 g/mol.